The molecule has 0 saturated carbocycles. The summed E-state index contributed by atoms with van der Waals surface area (Å²) in [5.41, 5.74) is 2.24. The third-order valence-electron chi connectivity index (χ3n) is 2.43. The smallest absolute Gasteiger partial charge is 0.160 e. The summed E-state index contributed by atoms with van der Waals surface area (Å²) in [7, 11) is 0. The van der Waals surface area contributed by atoms with E-state index in [1.807, 2.05) is 23.9 Å². The van der Waals surface area contributed by atoms with Gasteiger partial charge in [0.15, 0.2) is 5.78 Å². The molecule has 2 rings (SSSR count). The highest BCUT2D eigenvalue weighted by atomic mass is 32.2. The monoisotopic (exact) mass is 192 g/mol. The van der Waals surface area contributed by atoms with E-state index < -0.39 is 0 Å². The largest absolute Gasteiger partial charge is 0.294 e. The van der Waals surface area contributed by atoms with E-state index in [4.69, 9.17) is 0 Å². The van der Waals surface area contributed by atoms with E-state index >= 15 is 0 Å². The molecule has 1 unspecified atom stereocenters. The van der Waals surface area contributed by atoms with Crippen LogP contribution in [0.5, 0.6) is 0 Å². The van der Waals surface area contributed by atoms with Crippen molar-refractivity contribution in [2.45, 2.75) is 24.7 Å². The van der Waals surface area contributed by atoms with E-state index in [2.05, 4.69) is 13.0 Å². The molecule has 0 radical (unpaired) electrons. The van der Waals surface area contributed by atoms with Crippen molar-refractivity contribution in [1.82, 2.24) is 0 Å². The first-order valence-electron chi connectivity index (χ1n) is 4.47. The molecule has 0 fully saturated rings. The standard InChI is InChI=1S/C11H12OS/c1-7-6-13-11-9(7)4-3-5-10(11)8(2)12/h3-5,7H,6H2,1-2H3. The number of carbonyl (C=O) groups is 1. The Morgan fingerprint density at radius 1 is 1.54 bits per heavy atom. The molecule has 0 spiro atoms. The van der Waals surface area contributed by atoms with Crippen molar-refractivity contribution in [3.8, 4) is 0 Å². The number of fused-ring (bicyclic) bond motifs is 1. The van der Waals surface area contributed by atoms with Crippen molar-refractivity contribution < 1.29 is 4.79 Å². The van der Waals surface area contributed by atoms with Crippen LogP contribution < -0.4 is 0 Å². The Balaban J connectivity index is 2.57. The van der Waals surface area contributed by atoms with Gasteiger partial charge in [-0.25, -0.2) is 0 Å². The van der Waals surface area contributed by atoms with Gasteiger partial charge < -0.3 is 0 Å². The third kappa shape index (κ3) is 1.39. The van der Waals surface area contributed by atoms with Gasteiger partial charge in [0.1, 0.15) is 0 Å². The van der Waals surface area contributed by atoms with Crippen molar-refractivity contribution in [2.24, 2.45) is 0 Å². The maximum atomic E-state index is 11.3. The highest BCUT2D eigenvalue weighted by Gasteiger charge is 2.22. The average Bonchev–Trinajstić information content (AvgIpc) is 2.48. The summed E-state index contributed by atoms with van der Waals surface area (Å²) >= 11 is 1.81. The normalized spacial score (nSPS) is 20.0. The number of rotatable bonds is 1. The molecule has 2 heteroatoms. The quantitative estimate of drug-likeness (QED) is 0.636. The molecule has 1 aliphatic rings. The van der Waals surface area contributed by atoms with Gasteiger partial charge in [0.25, 0.3) is 0 Å². The molecule has 0 bridgehead atoms. The van der Waals surface area contributed by atoms with Crippen LogP contribution in [0.1, 0.15) is 35.7 Å². The van der Waals surface area contributed by atoms with E-state index in [0.717, 1.165) is 11.3 Å². The molecule has 0 N–H and O–H groups in total. The number of Topliss-reactive ketones (excluding diaryl/α,β-unsaturated/α-hetero) is 1. The zero-order chi connectivity index (χ0) is 9.42. The minimum Gasteiger partial charge on any atom is -0.294 e. The second-order valence-corrected chi connectivity index (χ2v) is 4.52. The summed E-state index contributed by atoms with van der Waals surface area (Å²) in [6.45, 7) is 3.85. The summed E-state index contributed by atoms with van der Waals surface area (Å²) in [5.74, 6) is 1.89. The highest BCUT2D eigenvalue weighted by molar-refractivity contribution is 7.99. The maximum absolute atomic E-state index is 11.3. The van der Waals surface area contributed by atoms with Crippen molar-refractivity contribution in [1.29, 1.82) is 0 Å². The fourth-order valence-corrected chi connectivity index (χ4v) is 3.08. The predicted molar refractivity (Wildman–Crippen MR) is 55.6 cm³/mol. The van der Waals surface area contributed by atoms with Gasteiger partial charge in [0, 0.05) is 16.2 Å². The molecular weight excluding hydrogens is 180 g/mol. The lowest BCUT2D eigenvalue weighted by molar-refractivity contribution is 0.101. The molecular formula is C11H12OS. The van der Waals surface area contributed by atoms with Crippen LogP contribution >= 0.6 is 11.8 Å². The molecule has 0 aliphatic carbocycles. The van der Waals surface area contributed by atoms with E-state index in [1.54, 1.807) is 6.92 Å². The Morgan fingerprint density at radius 2 is 2.31 bits per heavy atom. The summed E-state index contributed by atoms with van der Waals surface area (Å²) in [6, 6.07) is 6.04. The average molecular weight is 192 g/mol. The molecule has 1 aromatic carbocycles. The zero-order valence-corrected chi connectivity index (χ0v) is 8.65. The van der Waals surface area contributed by atoms with Crippen LogP contribution in [0.2, 0.25) is 0 Å². The molecule has 1 aliphatic heterocycles. The van der Waals surface area contributed by atoms with Crippen molar-refractivity contribution in [2.75, 3.05) is 5.75 Å². The highest BCUT2D eigenvalue weighted by Crippen LogP contribution is 2.41. The Morgan fingerprint density at radius 3 is 3.00 bits per heavy atom. The molecule has 68 valence electrons. The van der Waals surface area contributed by atoms with Crippen molar-refractivity contribution in [3.05, 3.63) is 29.3 Å². The maximum Gasteiger partial charge on any atom is 0.160 e. The molecule has 1 aromatic rings. The Kier molecular flexibility index (Phi) is 2.16. The van der Waals surface area contributed by atoms with E-state index in [0.29, 0.717) is 5.92 Å². The molecule has 0 aromatic heterocycles. The SMILES string of the molecule is CC(=O)c1cccc2c1SCC2C. The van der Waals surface area contributed by atoms with Gasteiger partial charge in [0.2, 0.25) is 0 Å². The molecule has 1 nitrogen and oxygen atoms in total. The lowest BCUT2D eigenvalue weighted by Gasteiger charge is -2.05. The predicted octanol–water partition coefficient (Wildman–Crippen LogP) is 3.10. The van der Waals surface area contributed by atoms with Gasteiger partial charge in [-0.15, -0.1) is 11.8 Å². The number of thioether (sulfide) groups is 1. The molecule has 13 heavy (non-hydrogen) atoms. The van der Waals surface area contributed by atoms with Gasteiger partial charge in [-0.2, -0.15) is 0 Å². The van der Waals surface area contributed by atoms with Crippen LogP contribution in [0.15, 0.2) is 23.1 Å². The summed E-state index contributed by atoms with van der Waals surface area (Å²) in [4.78, 5) is 12.5. The van der Waals surface area contributed by atoms with Crippen LogP contribution in [0, 0.1) is 0 Å². The van der Waals surface area contributed by atoms with Gasteiger partial charge in [-0.05, 0) is 18.4 Å². The van der Waals surface area contributed by atoms with Crippen LogP contribution in [0.25, 0.3) is 0 Å². The van der Waals surface area contributed by atoms with Crippen LogP contribution in [-0.2, 0) is 0 Å². The lowest BCUT2D eigenvalue weighted by atomic mass is 10.00. The van der Waals surface area contributed by atoms with E-state index in [1.165, 1.54) is 10.5 Å². The first kappa shape index (κ1) is 8.82. The molecule has 0 saturated heterocycles. The fraction of sp³-hybridized carbons (Fsp3) is 0.364. The number of carbonyl (C=O) groups excluding carboxylic acids is 1. The van der Waals surface area contributed by atoms with Gasteiger partial charge in [-0.1, -0.05) is 25.1 Å². The minimum absolute atomic E-state index is 0.179. The fourth-order valence-electron chi connectivity index (χ4n) is 1.68. The molecule has 1 atom stereocenters. The number of hydrogen-bond acceptors (Lipinski definition) is 2. The number of benzene rings is 1. The first-order valence-corrected chi connectivity index (χ1v) is 5.45. The lowest BCUT2D eigenvalue weighted by Crippen LogP contribution is -1.96. The van der Waals surface area contributed by atoms with Crippen LogP contribution in [-0.4, -0.2) is 11.5 Å². The topological polar surface area (TPSA) is 17.1 Å². The molecule has 1 heterocycles. The third-order valence-corrected chi connectivity index (χ3v) is 3.84. The van der Waals surface area contributed by atoms with E-state index in [9.17, 15) is 4.79 Å². The van der Waals surface area contributed by atoms with Crippen molar-refractivity contribution in [3.63, 3.8) is 0 Å². The minimum atomic E-state index is 0.179. The number of hydrogen-bond donors (Lipinski definition) is 0. The Bertz CT molecular complexity index is 357. The van der Waals surface area contributed by atoms with Gasteiger partial charge in [0.05, 0.1) is 0 Å². The van der Waals surface area contributed by atoms with Crippen LogP contribution in [0.3, 0.4) is 0 Å². The number of ketones is 1. The second-order valence-electron chi connectivity index (χ2n) is 3.49. The van der Waals surface area contributed by atoms with Crippen molar-refractivity contribution >= 4 is 17.5 Å². The first-order chi connectivity index (χ1) is 6.20. The van der Waals surface area contributed by atoms with E-state index in [-0.39, 0.29) is 5.78 Å². The summed E-state index contributed by atoms with van der Waals surface area (Å²) in [5, 5.41) is 0. The van der Waals surface area contributed by atoms with Crippen LogP contribution in [0.4, 0.5) is 0 Å². The summed E-state index contributed by atoms with van der Waals surface area (Å²) < 4.78 is 0. The van der Waals surface area contributed by atoms with Gasteiger partial charge in [-0.3, -0.25) is 4.79 Å². The zero-order valence-electron chi connectivity index (χ0n) is 7.83. The Labute approximate surface area is 82.5 Å². The summed E-state index contributed by atoms with van der Waals surface area (Å²) in [6.07, 6.45) is 0. The Hall–Kier alpha value is -0.760. The molecule has 0 amide bonds. The van der Waals surface area contributed by atoms with Gasteiger partial charge >= 0.3 is 0 Å². The second kappa shape index (κ2) is 3.18.